The van der Waals surface area contributed by atoms with E-state index in [-0.39, 0.29) is 23.4 Å². The summed E-state index contributed by atoms with van der Waals surface area (Å²) in [5, 5.41) is 15.2. The Labute approximate surface area is 162 Å². The Bertz CT molecular complexity index is 914. The largest absolute Gasteiger partial charge is 1.00 e. The molecule has 0 unspecified atom stereocenters. The lowest BCUT2D eigenvalue weighted by Crippen LogP contribution is -3.00. The number of aliphatic carboxylic acids is 1. The van der Waals surface area contributed by atoms with E-state index in [0.29, 0.717) is 18.8 Å². The number of nitrogen functional groups attached to an aromatic ring is 1. The zero-order chi connectivity index (χ0) is 17.8. The van der Waals surface area contributed by atoms with E-state index >= 15 is 0 Å². The van der Waals surface area contributed by atoms with Crippen LogP contribution in [0.3, 0.4) is 0 Å². The minimum atomic E-state index is -0.819. The van der Waals surface area contributed by atoms with E-state index < -0.39 is 5.97 Å². The normalized spacial score (nSPS) is 10.3. The molecule has 7 heteroatoms. The summed E-state index contributed by atoms with van der Waals surface area (Å²) in [6.45, 7) is 0.475. The van der Waals surface area contributed by atoms with Crippen LogP contribution in [-0.2, 0) is 11.3 Å². The van der Waals surface area contributed by atoms with Crippen LogP contribution < -0.4 is 32.1 Å². The van der Waals surface area contributed by atoms with E-state index in [1.807, 2.05) is 48.5 Å². The number of rotatable bonds is 6. The summed E-state index contributed by atoms with van der Waals surface area (Å²) in [4.78, 5) is 10.8. The van der Waals surface area contributed by atoms with E-state index in [1.54, 1.807) is 11.8 Å². The molecule has 0 saturated heterocycles. The van der Waals surface area contributed by atoms with Gasteiger partial charge in [0.15, 0.2) is 12.4 Å². The van der Waals surface area contributed by atoms with Gasteiger partial charge in [-0.3, -0.25) is 4.79 Å². The number of benzene rings is 2. The molecular formula is C19H20BrN3O3. The number of nitrogens with zero attached hydrogens (tertiary/aromatic N) is 2. The van der Waals surface area contributed by atoms with Crippen molar-refractivity contribution < 1.29 is 36.3 Å². The number of hydrogen-bond acceptors (Lipinski definition) is 4. The minimum absolute atomic E-state index is 0. The Morgan fingerprint density at radius 2 is 1.81 bits per heavy atom. The number of methoxy groups -OCH3 is 1. The molecule has 0 radical (unpaired) electrons. The second-order valence-electron chi connectivity index (χ2n) is 5.73. The molecule has 2 aromatic carbocycles. The molecule has 3 N–H and O–H groups in total. The first-order valence-electron chi connectivity index (χ1n) is 8.04. The van der Waals surface area contributed by atoms with Crippen molar-refractivity contribution >= 4 is 22.6 Å². The molecule has 1 heterocycles. The Hall–Kier alpha value is -2.67. The number of aryl methyl sites for hydroxylation is 1. The van der Waals surface area contributed by atoms with Gasteiger partial charge < -0.3 is 32.6 Å². The van der Waals surface area contributed by atoms with Crippen LogP contribution in [0.2, 0.25) is 0 Å². The number of ether oxygens (including phenoxy) is 1. The van der Waals surface area contributed by atoms with Crippen molar-refractivity contribution in [1.29, 1.82) is 0 Å². The number of fused-ring (bicyclic) bond motifs is 1. The van der Waals surface area contributed by atoms with E-state index in [2.05, 4.69) is 5.10 Å². The summed E-state index contributed by atoms with van der Waals surface area (Å²) >= 11 is 0. The van der Waals surface area contributed by atoms with Gasteiger partial charge in [0, 0.05) is 22.5 Å². The number of halogens is 1. The highest BCUT2D eigenvalue weighted by atomic mass is 79.9. The van der Waals surface area contributed by atoms with Crippen LogP contribution in [0.25, 0.3) is 22.0 Å². The van der Waals surface area contributed by atoms with Crippen LogP contribution in [0.15, 0.2) is 48.5 Å². The molecule has 26 heavy (non-hydrogen) atoms. The van der Waals surface area contributed by atoms with E-state index in [1.165, 1.54) is 0 Å². The maximum Gasteiger partial charge on any atom is 0.303 e. The number of anilines is 1. The summed E-state index contributed by atoms with van der Waals surface area (Å²) in [7, 11) is 1.63. The molecule has 0 amide bonds. The summed E-state index contributed by atoms with van der Waals surface area (Å²) in [6.07, 6.45) is 0.567. The van der Waals surface area contributed by atoms with E-state index in [9.17, 15) is 4.79 Å². The molecule has 0 bridgehead atoms. The quantitative estimate of drug-likeness (QED) is 0.535. The van der Waals surface area contributed by atoms with Gasteiger partial charge in [-0.15, -0.1) is 0 Å². The van der Waals surface area contributed by atoms with Crippen LogP contribution in [-0.4, -0.2) is 23.3 Å². The van der Waals surface area contributed by atoms with Crippen LogP contribution >= 0.6 is 0 Å². The van der Waals surface area contributed by atoms with Crippen molar-refractivity contribution in [2.45, 2.75) is 19.4 Å². The Morgan fingerprint density at radius 1 is 1.15 bits per heavy atom. The molecule has 0 aliphatic carbocycles. The van der Waals surface area contributed by atoms with Crippen LogP contribution in [0.4, 0.5) is 5.82 Å². The van der Waals surface area contributed by atoms with Gasteiger partial charge in [-0.05, 0) is 30.3 Å². The Balaban J connectivity index is 0.00000243. The van der Waals surface area contributed by atoms with Gasteiger partial charge >= 0.3 is 5.97 Å². The van der Waals surface area contributed by atoms with Crippen molar-refractivity contribution in [2.24, 2.45) is 0 Å². The highest BCUT2D eigenvalue weighted by Gasteiger charge is 2.22. The van der Waals surface area contributed by atoms with Gasteiger partial charge in [-0.25, -0.2) is 0 Å². The average Bonchev–Trinajstić information content (AvgIpc) is 2.62. The molecule has 3 aromatic rings. The van der Waals surface area contributed by atoms with E-state index in [0.717, 1.165) is 27.8 Å². The monoisotopic (exact) mass is 417 g/mol. The molecule has 136 valence electrons. The maximum absolute atomic E-state index is 10.8. The van der Waals surface area contributed by atoms with Gasteiger partial charge in [0.2, 0.25) is 5.69 Å². The Morgan fingerprint density at radius 3 is 2.42 bits per heavy atom. The first-order chi connectivity index (χ1) is 12.1. The smallest absolute Gasteiger partial charge is 0.303 e. The zero-order valence-corrected chi connectivity index (χ0v) is 15.9. The van der Waals surface area contributed by atoms with Crippen LogP contribution in [0.5, 0.6) is 5.75 Å². The minimum Gasteiger partial charge on any atom is -1.00 e. The Kier molecular flexibility index (Phi) is 6.52. The summed E-state index contributed by atoms with van der Waals surface area (Å²) in [5.41, 5.74) is 8.00. The second kappa shape index (κ2) is 8.62. The van der Waals surface area contributed by atoms with Crippen LogP contribution in [0, 0.1) is 0 Å². The molecule has 6 nitrogen and oxygen atoms in total. The third-order valence-corrected chi connectivity index (χ3v) is 4.07. The summed E-state index contributed by atoms with van der Waals surface area (Å²) in [5.74, 6) is 0.387. The summed E-state index contributed by atoms with van der Waals surface area (Å²) in [6, 6.07) is 15.5. The molecule has 0 fully saturated rings. The average molecular weight is 418 g/mol. The van der Waals surface area contributed by atoms with Crippen molar-refractivity contribution in [3.05, 3.63) is 48.5 Å². The maximum atomic E-state index is 10.8. The fourth-order valence-corrected chi connectivity index (χ4v) is 2.88. The SMILES string of the molecule is COc1ccc(-c2c3ccccc3c(N)n[n+]2CCCC(=O)O)cc1.[Br-]. The van der Waals surface area contributed by atoms with Gasteiger partial charge in [0.1, 0.15) is 5.75 Å². The van der Waals surface area contributed by atoms with Crippen molar-refractivity contribution in [2.75, 3.05) is 12.8 Å². The summed E-state index contributed by atoms with van der Waals surface area (Å²) < 4.78 is 7.02. The van der Waals surface area contributed by atoms with E-state index in [4.69, 9.17) is 15.6 Å². The van der Waals surface area contributed by atoms with Crippen molar-refractivity contribution in [3.63, 3.8) is 0 Å². The first-order valence-corrected chi connectivity index (χ1v) is 8.04. The van der Waals surface area contributed by atoms with Crippen LogP contribution in [0.1, 0.15) is 12.8 Å². The lowest BCUT2D eigenvalue weighted by molar-refractivity contribution is -0.741. The molecule has 0 aliphatic rings. The van der Waals surface area contributed by atoms with Crippen molar-refractivity contribution in [3.8, 4) is 17.0 Å². The molecule has 3 rings (SSSR count). The van der Waals surface area contributed by atoms with Gasteiger partial charge in [-0.1, -0.05) is 22.9 Å². The zero-order valence-electron chi connectivity index (χ0n) is 14.4. The third-order valence-electron chi connectivity index (χ3n) is 4.07. The first kappa shape index (κ1) is 19.7. The fraction of sp³-hybridized carbons (Fsp3) is 0.211. The topological polar surface area (TPSA) is 89.3 Å². The molecule has 0 aliphatic heterocycles. The lowest BCUT2D eigenvalue weighted by atomic mass is 10.0. The predicted molar refractivity (Wildman–Crippen MR) is 95.2 cm³/mol. The predicted octanol–water partition coefficient (Wildman–Crippen LogP) is -0.351. The number of carboxylic acid groups (broad SMARTS) is 1. The van der Waals surface area contributed by atoms with Gasteiger partial charge in [-0.2, -0.15) is 0 Å². The highest BCUT2D eigenvalue weighted by molar-refractivity contribution is 5.98. The molecule has 0 saturated carbocycles. The highest BCUT2D eigenvalue weighted by Crippen LogP contribution is 2.28. The standard InChI is InChI=1S/C19H19N3O3.BrH/c1-25-14-10-8-13(9-11-14)18-15-5-2-3-6-16(15)19(20)21-22(18)12-4-7-17(23)24;/h2-3,5-6,8-11H,4,7,12H2,1H3,(H2-,20,21,23,24);1H. The third kappa shape index (κ3) is 4.11. The lowest BCUT2D eigenvalue weighted by Gasteiger charge is -2.08. The van der Waals surface area contributed by atoms with Gasteiger partial charge in [0.25, 0.3) is 0 Å². The number of nitrogens with two attached hydrogens (primary N) is 1. The number of carbonyl (C=O) groups is 1. The second-order valence-corrected chi connectivity index (χ2v) is 5.73. The molecular weight excluding hydrogens is 398 g/mol. The number of hydrogen-bond donors (Lipinski definition) is 2. The number of carboxylic acids is 1. The molecule has 1 aromatic heterocycles. The van der Waals surface area contributed by atoms with Crippen molar-refractivity contribution in [1.82, 2.24) is 5.10 Å². The number of aromatic nitrogens is 2. The molecule has 0 spiro atoms. The fourth-order valence-electron chi connectivity index (χ4n) is 2.88. The van der Waals surface area contributed by atoms with Gasteiger partial charge in [0.05, 0.1) is 18.9 Å². The molecule has 0 atom stereocenters.